The lowest BCUT2D eigenvalue weighted by Gasteiger charge is -2.26. The molecule has 22 heavy (non-hydrogen) atoms. The maximum Gasteiger partial charge on any atom is 0.433 e. The van der Waals surface area contributed by atoms with Gasteiger partial charge in [0, 0.05) is 6.20 Å². The van der Waals surface area contributed by atoms with Crippen molar-refractivity contribution in [1.82, 2.24) is 9.97 Å². The molecular formula is C15H13F4N3. The van der Waals surface area contributed by atoms with Crippen LogP contribution in [0.1, 0.15) is 35.7 Å². The summed E-state index contributed by atoms with van der Waals surface area (Å²) < 4.78 is 51.4. The number of alkyl halides is 3. The van der Waals surface area contributed by atoms with Gasteiger partial charge in [-0.25, -0.2) is 14.4 Å². The summed E-state index contributed by atoms with van der Waals surface area (Å²) in [6.45, 7) is 0. The highest BCUT2D eigenvalue weighted by Crippen LogP contribution is 2.33. The fraction of sp³-hybridized carbons (Fsp3) is 0.333. The number of halogens is 4. The van der Waals surface area contributed by atoms with E-state index in [9.17, 15) is 17.6 Å². The summed E-state index contributed by atoms with van der Waals surface area (Å²) in [5.41, 5.74) is 0.754. The van der Waals surface area contributed by atoms with E-state index >= 15 is 0 Å². The highest BCUT2D eigenvalue weighted by Gasteiger charge is 2.33. The molecule has 7 heteroatoms. The first-order valence-corrected chi connectivity index (χ1v) is 6.88. The summed E-state index contributed by atoms with van der Waals surface area (Å²) in [6.07, 6.45) is -1.06. The molecule has 1 N–H and O–H groups in total. The average Bonchev–Trinajstić information content (AvgIpc) is 2.47. The van der Waals surface area contributed by atoms with Crippen LogP contribution in [0.3, 0.4) is 0 Å². The molecule has 1 aliphatic rings. The van der Waals surface area contributed by atoms with Crippen LogP contribution < -0.4 is 5.32 Å². The van der Waals surface area contributed by atoms with E-state index in [-0.39, 0.29) is 17.8 Å². The molecule has 1 aromatic carbocycles. The zero-order valence-electron chi connectivity index (χ0n) is 11.5. The monoisotopic (exact) mass is 311 g/mol. The van der Waals surface area contributed by atoms with E-state index in [1.54, 1.807) is 6.07 Å². The van der Waals surface area contributed by atoms with Crippen LogP contribution in [0.25, 0.3) is 0 Å². The molecule has 1 atom stereocenters. The van der Waals surface area contributed by atoms with Crippen LogP contribution in [0.15, 0.2) is 30.5 Å². The normalized spacial score (nSPS) is 17.9. The Morgan fingerprint density at radius 1 is 1.18 bits per heavy atom. The van der Waals surface area contributed by atoms with Crippen LogP contribution in [0, 0.1) is 5.82 Å². The SMILES string of the molecule is Fc1ccc2c(c1)C(Nc1nccc(C(F)(F)F)n1)CCC2. The third-order valence-electron chi connectivity index (χ3n) is 3.67. The number of fused-ring (bicyclic) bond motifs is 1. The van der Waals surface area contributed by atoms with E-state index in [0.717, 1.165) is 36.2 Å². The lowest BCUT2D eigenvalue weighted by atomic mass is 9.87. The van der Waals surface area contributed by atoms with Crippen LogP contribution in [0.4, 0.5) is 23.5 Å². The molecule has 1 heterocycles. The largest absolute Gasteiger partial charge is 0.433 e. The quantitative estimate of drug-likeness (QED) is 0.848. The first-order chi connectivity index (χ1) is 10.4. The number of hydrogen-bond donors (Lipinski definition) is 1. The molecular weight excluding hydrogens is 298 g/mol. The molecule has 1 aliphatic carbocycles. The Balaban J connectivity index is 1.88. The Labute approximate surface area is 124 Å². The zero-order valence-corrected chi connectivity index (χ0v) is 11.5. The van der Waals surface area contributed by atoms with E-state index < -0.39 is 11.9 Å². The van der Waals surface area contributed by atoms with Crippen LogP contribution >= 0.6 is 0 Å². The first kappa shape index (κ1) is 14.7. The zero-order chi connectivity index (χ0) is 15.7. The van der Waals surface area contributed by atoms with Gasteiger partial charge >= 0.3 is 6.18 Å². The second kappa shape index (κ2) is 5.55. The van der Waals surface area contributed by atoms with Gasteiger partial charge in [0.2, 0.25) is 5.95 Å². The molecule has 0 radical (unpaired) electrons. The molecule has 3 nitrogen and oxygen atoms in total. The number of benzene rings is 1. The molecule has 0 saturated heterocycles. The van der Waals surface area contributed by atoms with Gasteiger partial charge in [0.1, 0.15) is 11.5 Å². The smallest absolute Gasteiger partial charge is 0.347 e. The van der Waals surface area contributed by atoms with Crippen LogP contribution in [-0.2, 0) is 12.6 Å². The van der Waals surface area contributed by atoms with Crippen molar-refractivity contribution in [3.05, 3.63) is 53.1 Å². The van der Waals surface area contributed by atoms with Crippen LogP contribution in [0.2, 0.25) is 0 Å². The maximum atomic E-state index is 13.4. The molecule has 1 unspecified atom stereocenters. The predicted octanol–water partition coefficient (Wildman–Crippen LogP) is 4.12. The van der Waals surface area contributed by atoms with Crippen molar-refractivity contribution in [3.63, 3.8) is 0 Å². The molecule has 116 valence electrons. The number of aromatic nitrogens is 2. The Morgan fingerprint density at radius 2 is 2.00 bits per heavy atom. The molecule has 0 aliphatic heterocycles. The average molecular weight is 311 g/mol. The number of aryl methyl sites for hydroxylation is 1. The molecule has 0 fully saturated rings. The summed E-state index contributed by atoms with van der Waals surface area (Å²) in [5, 5.41) is 2.89. The lowest BCUT2D eigenvalue weighted by molar-refractivity contribution is -0.141. The number of hydrogen-bond acceptors (Lipinski definition) is 3. The molecule has 0 amide bonds. The fourth-order valence-electron chi connectivity index (χ4n) is 2.66. The van der Waals surface area contributed by atoms with Crippen molar-refractivity contribution in [2.75, 3.05) is 5.32 Å². The van der Waals surface area contributed by atoms with Gasteiger partial charge in [0.05, 0.1) is 6.04 Å². The highest BCUT2D eigenvalue weighted by atomic mass is 19.4. The number of anilines is 1. The molecule has 0 bridgehead atoms. The summed E-state index contributed by atoms with van der Waals surface area (Å²) in [4.78, 5) is 7.32. The second-order valence-electron chi connectivity index (χ2n) is 5.20. The van der Waals surface area contributed by atoms with Crippen molar-refractivity contribution < 1.29 is 17.6 Å². The van der Waals surface area contributed by atoms with Gasteiger partial charge in [0.25, 0.3) is 0 Å². The molecule has 0 saturated carbocycles. The van der Waals surface area contributed by atoms with E-state index in [4.69, 9.17) is 0 Å². The van der Waals surface area contributed by atoms with E-state index in [1.165, 1.54) is 12.1 Å². The van der Waals surface area contributed by atoms with Gasteiger partial charge in [0.15, 0.2) is 0 Å². The molecule has 0 spiro atoms. The minimum atomic E-state index is -4.52. The number of rotatable bonds is 2. The Hall–Kier alpha value is -2.18. The third-order valence-corrected chi connectivity index (χ3v) is 3.67. The van der Waals surface area contributed by atoms with Crippen LogP contribution in [0.5, 0.6) is 0 Å². The van der Waals surface area contributed by atoms with Crippen molar-refractivity contribution >= 4 is 5.95 Å². The Bertz CT molecular complexity index is 685. The second-order valence-corrected chi connectivity index (χ2v) is 5.20. The van der Waals surface area contributed by atoms with Gasteiger partial charge < -0.3 is 5.32 Å². The van der Waals surface area contributed by atoms with E-state index in [0.29, 0.717) is 6.42 Å². The standard InChI is InChI=1S/C15H13F4N3/c16-10-5-4-9-2-1-3-12(11(9)8-10)21-14-20-7-6-13(22-14)15(17,18)19/h4-8,12H,1-3H2,(H,20,21,22). The van der Waals surface area contributed by atoms with Gasteiger partial charge in [-0.3, -0.25) is 0 Å². The minimum absolute atomic E-state index is 0.100. The van der Waals surface area contributed by atoms with Gasteiger partial charge in [-0.15, -0.1) is 0 Å². The summed E-state index contributed by atoms with van der Waals surface area (Å²) in [7, 11) is 0. The lowest BCUT2D eigenvalue weighted by Crippen LogP contribution is -2.20. The third kappa shape index (κ3) is 3.03. The number of nitrogens with zero attached hydrogens (tertiary/aromatic N) is 2. The Kier molecular flexibility index (Phi) is 3.72. The predicted molar refractivity (Wildman–Crippen MR) is 72.7 cm³/mol. The summed E-state index contributed by atoms with van der Waals surface area (Å²) >= 11 is 0. The summed E-state index contributed by atoms with van der Waals surface area (Å²) in [5.74, 6) is -0.464. The van der Waals surface area contributed by atoms with Crippen molar-refractivity contribution in [2.45, 2.75) is 31.5 Å². The molecule has 1 aromatic heterocycles. The number of nitrogens with one attached hydrogen (secondary N) is 1. The van der Waals surface area contributed by atoms with Gasteiger partial charge in [-0.1, -0.05) is 6.07 Å². The van der Waals surface area contributed by atoms with Crippen molar-refractivity contribution in [1.29, 1.82) is 0 Å². The molecule has 2 aromatic rings. The maximum absolute atomic E-state index is 13.4. The minimum Gasteiger partial charge on any atom is -0.347 e. The van der Waals surface area contributed by atoms with Crippen molar-refractivity contribution in [2.24, 2.45) is 0 Å². The first-order valence-electron chi connectivity index (χ1n) is 6.88. The van der Waals surface area contributed by atoms with E-state index in [1.807, 2.05) is 0 Å². The van der Waals surface area contributed by atoms with Crippen LogP contribution in [-0.4, -0.2) is 9.97 Å². The van der Waals surface area contributed by atoms with Gasteiger partial charge in [-0.05, 0) is 48.6 Å². The topological polar surface area (TPSA) is 37.8 Å². The fourth-order valence-corrected chi connectivity index (χ4v) is 2.66. The summed E-state index contributed by atoms with van der Waals surface area (Å²) in [6, 6.07) is 5.05. The van der Waals surface area contributed by atoms with Gasteiger partial charge in [-0.2, -0.15) is 13.2 Å². The van der Waals surface area contributed by atoms with E-state index in [2.05, 4.69) is 15.3 Å². The Morgan fingerprint density at radius 3 is 2.77 bits per heavy atom. The molecule has 3 rings (SSSR count). The van der Waals surface area contributed by atoms with Crippen molar-refractivity contribution in [3.8, 4) is 0 Å². The highest BCUT2D eigenvalue weighted by molar-refractivity contribution is 5.39.